The van der Waals surface area contributed by atoms with Crippen LogP contribution in [0.25, 0.3) is 0 Å². The highest BCUT2D eigenvalue weighted by atomic mass is 16.5. The molecule has 0 unspecified atom stereocenters. The average molecular weight is 397 g/mol. The van der Waals surface area contributed by atoms with Crippen molar-refractivity contribution >= 4 is 11.9 Å². The molecule has 6 nitrogen and oxygen atoms in total. The van der Waals surface area contributed by atoms with Crippen molar-refractivity contribution in [2.75, 3.05) is 32.9 Å². The second kappa shape index (κ2) is 10.1. The first-order chi connectivity index (χ1) is 14.1. The predicted octanol–water partition coefficient (Wildman–Crippen LogP) is 3.82. The minimum Gasteiger partial charge on any atom is -0.491 e. The van der Waals surface area contributed by atoms with Crippen molar-refractivity contribution in [3.05, 3.63) is 65.2 Å². The Hall–Kier alpha value is -2.86. The molecule has 0 bridgehead atoms. The van der Waals surface area contributed by atoms with Gasteiger partial charge in [-0.1, -0.05) is 18.2 Å². The Morgan fingerprint density at radius 3 is 2.69 bits per heavy atom. The fourth-order valence-corrected chi connectivity index (χ4v) is 3.62. The van der Waals surface area contributed by atoms with Gasteiger partial charge in [-0.3, -0.25) is 4.79 Å². The number of hydrogen-bond acceptors (Lipinski definition) is 4. The number of nitrogens with zero attached hydrogens (tertiary/aromatic N) is 1. The molecule has 2 aromatic rings. The summed E-state index contributed by atoms with van der Waals surface area (Å²) in [6.45, 7) is 4.81. The van der Waals surface area contributed by atoms with Crippen LogP contribution in [0.3, 0.4) is 0 Å². The Balaban J connectivity index is 1.66. The Kier molecular flexibility index (Phi) is 7.25. The largest absolute Gasteiger partial charge is 0.491 e. The molecule has 3 rings (SSSR count). The van der Waals surface area contributed by atoms with E-state index >= 15 is 0 Å². The van der Waals surface area contributed by atoms with Crippen molar-refractivity contribution in [2.24, 2.45) is 0 Å². The third kappa shape index (κ3) is 5.57. The first-order valence-corrected chi connectivity index (χ1v) is 10.0. The number of carbonyl (C=O) groups excluding carboxylic acids is 1. The maximum Gasteiger partial charge on any atom is 0.335 e. The summed E-state index contributed by atoms with van der Waals surface area (Å²) in [5.41, 5.74) is 1.84. The molecule has 1 N–H and O–H groups in total. The summed E-state index contributed by atoms with van der Waals surface area (Å²) >= 11 is 0. The number of carbonyl (C=O) groups is 2. The molecule has 1 atom stereocenters. The highest BCUT2D eigenvalue weighted by Gasteiger charge is 2.26. The van der Waals surface area contributed by atoms with E-state index in [0.29, 0.717) is 44.2 Å². The van der Waals surface area contributed by atoms with Crippen LogP contribution in [-0.4, -0.2) is 54.8 Å². The number of carboxylic acids is 1. The quantitative estimate of drug-likeness (QED) is 0.686. The van der Waals surface area contributed by atoms with E-state index in [0.717, 1.165) is 18.4 Å². The van der Waals surface area contributed by atoms with E-state index in [1.165, 1.54) is 0 Å². The van der Waals surface area contributed by atoms with Gasteiger partial charge in [-0.05, 0) is 55.7 Å². The number of likely N-dealkylation sites (tertiary alicyclic amines) is 1. The molecule has 6 heteroatoms. The maximum atomic E-state index is 13.0. The van der Waals surface area contributed by atoms with E-state index in [1.807, 2.05) is 30.0 Å². The third-order valence-electron chi connectivity index (χ3n) is 5.10. The van der Waals surface area contributed by atoms with E-state index in [1.54, 1.807) is 30.3 Å². The molecule has 1 aliphatic heterocycles. The molecule has 1 aliphatic rings. The summed E-state index contributed by atoms with van der Waals surface area (Å²) in [5.74, 6) is -0.174. The lowest BCUT2D eigenvalue weighted by Gasteiger charge is -2.33. The predicted molar refractivity (Wildman–Crippen MR) is 110 cm³/mol. The fourth-order valence-electron chi connectivity index (χ4n) is 3.62. The number of aromatic carboxylic acids is 1. The molecule has 1 amide bonds. The molecule has 0 radical (unpaired) electrons. The van der Waals surface area contributed by atoms with E-state index in [9.17, 15) is 14.7 Å². The first-order valence-electron chi connectivity index (χ1n) is 10.0. The maximum absolute atomic E-state index is 13.0. The van der Waals surface area contributed by atoms with Crippen molar-refractivity contribution in [3.63, 3.8) is 0 Å². The zero-order valence-corrected chi connectivity index (χ0v) is 16.7. The third-order valence-corrected chi connectivity index (χ3v) is 5.10. The van der Waals surface area contributed by atoms with Crippen molar-refractivity contribution in [3.8, 4) is 5.75 Å². The monoisotopic (exact) mass is 397 g/mol. The Morgan fingerprint density at radius 2 is 1.90 bits per heavy atom. The van der Waals surface area contributed by atoms with Crippen LogP contribution in [0.2, 0.25) is 0 Å². The van der Waals surface area contributed by atoms with Crippen molar-refractivity contribution < 1.29 is 24.2 Å². The van der Waals surface area contributed by atoms with Crippen LogP contribution in [0, 0.1) is 0 Å². The van der Waals surface area contributed by atoms with E-state index < -0.39 is 5.97 Å². The number of rotatable bonds is 8. The molecule has 1 saturated heterocycles. The van der Waals surface area contributed by atoms with Crippen LogP contribution in [-0.2, 0) is 4.74 Å². The summed E-state index contributed by atoms with van der Waals surface area (Å²) in [6.07, 6.45) is 1.83. The molecular formula is C23H27NO5. The van der Waals surface area contributed by atoms with Crippen LogP contribution >= 0.6 is 0 Å². The number of amides is 1. The SMILES string of the molecule is CCOCCOc1cccc(C(=O)N2CCC[C@H](c3cccc(C(=O)O)c3)C2)c1. The summed E-state index contributed by atoms with van der Waals surface area (Å²) in [7, 11) is 0. The summed E-state index contributed by atoms with van der Waals surface area (Å²) in [5, 5.41) is 9.23. The van der Waals surface area contributed by atoms with Gasteiger partial charge in [-0.15, -0.1) is 0 Å². The van der Waals surface area contributed by atoms with Crippen LogP contribution in [0.5, 0.6) is 5.75 Å². The summed E-state index contributed by atoms with van der Waals surface area (Å²) in [6, 6.07) is 14.2. The molecule has 2 aromatic carbocycles. The van der Waals surface area contributed by atoms with Gasteiger partial charge in [0.05, 0.1) is 12.2 Å². The van der Waals surface area contributed by atoms with Gasteiger partial charge < -0.3 is 19.5 Å². The number of carboxylic acid groups (broad SMARTS) is 1. The number of hydrogen-bond donors (Lipinski definition) is 1. The summed E-state index contributed by atoms with van der Waals surface area (Å²) in [4.78, 5) is 26.1. The fraction of sp³-hybridized carbons (Fsp3) is 0.391. The zero-order valence-electron chi connectivity index (χ0n) is 16.7. The van der Waals surface area contributed by atoms with Crippen molar-refractivity contribution in [1.29, 1.82) is 0 Å². The smallest absolute Gasteiger partial charge is 0.335 e. The van der Waals surface area contributed by atoms with Crippen LogP contribution in [0.4, 0.5) is 0 Å². The van der Waals surface area contributed by atoms with Gasteiger partial charge in [0.2, 0.25) is 0 Å². The number of benzene rings is 2. The molecule has 154 valence electrons. The molecule has 29 heavy (non-hydrogen) atoms. The van der Waals surface area contributed by atoms with Gasteiger partial charge in [0.15, 0.2) is 0 Å². The van der Waals surface area contributed by atoms with E-state index in [4.69, 9.17) is 9.47 Å². The first kappa shape index (κ1) is 20.9. The van der Waals surface area contributed by atoms with Gasteiger partial charge in [0.1, 0.15) is 12.4 Å². The van der Waals surface area contributed by atoms with Gasteiger partial charge in [0.25, 0.3) is 5.91 Å². The normalized spacial score (nSPS) is 16.4. The van der Waals surface area contributed by atoms with Crippen LogP contribution in [0.1, 0.15) is 52.0 Å². The van der Waals surface area contributed by atoms with Gasteiger partial charge in [-0.2, -0.15) is 0 Å². The Labute approximate surface area is 171 Å². The highest BCUT2D eigenvalue weighted by molar-refractivity contribution is 5.94. The molecule has 0 saturated carbocycles. The summed E-state index contributed by atoms with van der Waals surface area (Å²) < 4.78 is 10.9. The Bertz CT molecular complexity index is 851. The van der Waals surface area contributed by atoms with Crippen LogP contribution < -0.4 is 4.74 Å². The van der Waals surface area contributed by atoms with Crippen molar-refractivity contribution in [1.82, 2.24) is 4.90 Å². The second-order valence-electron chi connectivity index (χ2n) is 7.09. The average Bonchev–Trinajstić information content (AvgIpc) is 2.76. The molecule has 0 aliphatic carbocycles. The number of ether oxygens (including phenoxy) is 2. The lowest BCUT2D eigenvalue weighted by Crippen LogP contribution is -2.39. The minimum absolute atomic E-state index is 0.0284. The zero-order chi connectivity index (χ0) is 20.6. The lowest BCUT2D eigenvalue weighted by atomic mass is 9.89. The molecule has 1 fully saturated rings. The molecule has 0 aromatic heterocycles. The topological polar surface area (TPSA) is 76.1 Å². The lowest BCUT2D eigenvalue weighted by molar-refractivity contribution is 0.0687. The van der Waals surface area contributed by atoms with Crippen molar-refractivity contribution in [2.45, 2.75) is 25.7 Å². The van der Waals surface area contributed by atoms with Crippen LogP contribution in [0.15, 0.2) is 48.5 Å². The van der Waals surface area contributed by atoms with E-state index in [-0.39, 0.29) is 17.4 Å². The highest BCUT2D eigenvalue weighted by Crippen LogP contribution is 2.28. The molecule has 1 heterocycles. The molecule has 0 spiro atoms. The minimum atomic E-state index is -0.934. The van der Waals surface area contributed by atoms with Gasteiger partial charge >= 0.3 is 5.97 Å². The Morgan fingerprint density at radius 1 is 1.10 bits per heavy atom. The second-order valence-corrected chi connectivity index (χ2v) is 7.09. The van der Waals surface area contributed by atoms with Gasteiger partial charge in [0, 0.05) is 31.2 Å². The molecular weight excluding hydrogens is 370 g/mol. The number of piperidine rings is 1. The van der Waals surface area contributed by atoms with Gasteiger partial charge in [-0.25, -0.2) is 4.79 Å². The standard InChI is InChI=1S/C23H27NO5/c1-2-28-12-13-29-21-10-4-7-18(15-21)22(25)24-11-5-9-20(16-24)17-6-3-8-19(14-17)23(26)27/h3-4,6-8,10,14-15,20H,2,5,9,11-13,16H2,1H3,(H,26,27)/t20-/m0/s1. The van der Waals surface area contributed by atoms with E-state index in [2.05, 4.69) is 0 Å².